The van der Waals surface area contributed by atoms with Crippen LogP contribution in [0.25, 0.3) is 22.0 Å². The predicted octanol–water partition coefficient (Wildman–Crippen LogP) is 4.68. The van der Waals surface area contributed by atoms with Gasteiger partial charge in [0, 0.05) is 56.4 Å². The summed E-state index contributed by atoms with van der Waals surface area (Å²) in [6.45, 7) is 9.78. The van der Waals surface area contributed by atoms with Gasteiger partial charge in [0.2, 0.25) is 10.0 Å². The molecule has 0 radical (unpaired) electrons. The zero-order chi connectivity index (χ0) is 27.5. The van der Waals surface area contributed by atoms with Gasteiger partial charge in [0.15, 0.2) is 0 Å². The molecule has 8 nitrogen and oxygen atoms in total. The lowest BCUT2D eigenvalue weighted by Crippen LogP contribution is -2.39. The van der Waals surface area contributed by atoms with Gasteiger partial charge in [0.25, 0.3) is 5.91 Å². The zero-order valence-corrected chi connectivity index (χ0v) is 24.4. The highest BCUT2D eigenvalue weighted by molar-refractivity contribution is 7.89. The van der Waals surface area contributed by atoms with Crippen molar-refractivity contribution in [1.82, 2.24) is 14.6 Å². The van der Waals surface area contributed by atoms with Crippen molar-refractivity contribution in [1.29, 1.82) is 0 Å². The minimum atomic E-state index is -3.28. The summed E-state index contributed by atoms with van der Waals surface area (Å²) in [5.74, 6) is -0.160. The molecule has 1 saturated heterocycles. The Labute approximate surface area is 230 Å². The number of sulfonamides is 1. The van der Waals surface area contributed by atoms with Crippen LogP contribution in [0.4, 0.5) is 0 Å². The van der Waals surface area contributed by atoms with Crippen molar-refractivity contribution in [2.45, 2.75) is 52.5 Å². The van der Waals surface area contributed by atoms with Crippen LogP contribution in [0, 0.1) is 5.41 Å². The number of nitrogens with one attached hydrogen (secondary N) is 2. The Morgan fingerprint density at radius 1 is 1.21 bits per heavy atom. The number of hydrogen-bond acceptors (Lipinski definition) is 6. The molecule has 2 aromatic heterocycles. The molecule has 38 heavy (non-hydrogen) atoms. The van der Waals surface area contributed by atoms with Gasteiger partial charge in [-0.2, -0.15) is 0 Å². The van der Waals surface area contributed by atoms with E-state index in [0.717, 1.165) is 53.5 Å². The van der Waals surface area contributed by atoms with E-state index in [-0.39, 0.29) is 17.1 Å². The Hall–Kier alpha value is -2.24. The zero-order valence-electron chi connectivity index (χ0n) is 22.8. The van der Waals surface area contributed by atoms with Gasteiger partial charge in [-0.05, 0) is 70.9 Å². The number of H-pyrrole nitrogens is 1. The number of carbonyl (C=O) groups is 1. The summed E-state index contributed by atoms with van der Waals surface area (Å²) in [6, 6.07) is 6.18. The molecule has 4 rings (SSSR count). The van der Waals surface area contributed by atoms with Gasteiger partial charge in [-0.1, -0.05) is 20.8 Å². The van der Waals surface area contributed by atoms with Crippen LogP contribution >= 0.6 is 11.3 Å². The van der Waals surface area contributed by atoms with Crippen molar-refractivity contribution >= 4 is 38.2 Å². The number of fused-ring (bicyclic) bond motifs is 1. The molecule has 10 heteroatoms. The van der Waals surface area contributed by atoms with E-state index < -0.39 is 15.9 Å². The van der Waals surface area contributed by atoms with Crippen LogP contribution in [0.2, 0.25) is 0 Å². The summed E-state index contributed by atoms with van der Waals surface area (Å²) in [7, 11) is -1.70. The molecule has 0 spiro atoms. The van der Waals surface area contributed by atoms with Gasteiger partial charge in [0.05, 0.1) is 16.8 Å². The second-order valence-corrected chi connectivity index (χ2v) is 14.4. The van der Waals surface area contributed by atoms with E-state index >= 15 is 0 Å². The highest BCUT2D eigenvalue weighted by Gasteiger charge is 2.30. The number of thiophene rings is 1. The lowest BCUT2D eigenvalue weighted by atomic mass is 9.88. The fourth-order valence-corrected chi connectivity index (χ4v) is 7.47. The van der Waals surface area contributed by atoms with Gasteiger partial charge >= 0.3 is 0 Å². The summed E-state index contributed by atoms with van der Waals surface area (Å²) in [6.07, 6.45) is 3.92. The molecule has 0 bridgehead atoms. The topological polar surface area (TPSA) is 118 Å². The van der Waals surface area contributed by atoms with Crippen molar-refractivity contribution in [3.8, 4) is 11.1 Å². The monoisotopic (exact) mass is 560 g/mol. The molecule has 0 saturated carbocycles. The van der Waals surface area contributed by atoms with E-state index in [1.165, 1.54) is 4.88 Å². The Balaban J connectivity index is 1.55. The fraction of sp³-hybridized carbons (Fsp3) is 0.536. The molecule has 4 N–H and O–H groups in total. The smallest absolute Gasteiger partial charge is 0.250 e. The standard InChI is InChI=1S/C28H40N4O4S2/c1-28(2,3)18-30-15-22-12-21(17-37-22)20-13-23-25(16-31-26(23)24(14-20)27(29)33)19-6-8-32(9-7-19)38(34,35)11-5-10-36-4/h12-14,16-17,19,30-31H,5-11,15,18H2,1-4H3,(H2,29,33). The van der Waals surface area contributed by atoms with Crippen molar-refractivity contribution in [3.63, 3.8) is 0 Å². The molecule has 3 aromatic rings. The fourth-order valence-electron chi connectivity index (χ4n) is 5.10. The number of ether oxygens (including phenoxy) is 1. The first kappa shape index (κ1) is 28.8. The number of nitrogens with zero attached hydrogens (tertiary/aromatic N) is 1. The average molecular weight is 561 g/mol. The Kier molecular flexibility index (Phi) is 8.99. The number of piperidine rings is 1. The molecule has 208 valence electrons. The van der Waals surface area contributed by atoms with Gasteiger partial charge in [-0.3, -0.25) is 4.79 Å². The summed E-state index contributed by atoms with van der Waals surface area (Å²) < 4.78 is 32.0. The SMILES string of the molecule is COCCCS(=O)(=O)N1CCC(c2c[nH]c3c(C(N)=O)cc(-c4csc(CNCC(C)(C)C)c4)cc23)CC1. The van der Waals surface area contributed by atoms with Crippen molar-refractivity contribution < 1.29 is 17.9 Å². The van der Waals surface area contributed by atoms with Gasteiger partial charge in [-0.15, -0.1) is 11.3 Å². The number of carbonyl (C=O) groups excluding carboxylic acids is 1. The van der Waals surface area contributed by atoms with Crippen LogP contribution in [0.1, 0.15) is 66.8 Å². The predicted molar refractivity (Wildman–Crippen MR) is 155 cm³/mol. The molecular weight excluding hydrogens is 520 g/mol. The van der Waals surface area contributed by atoms with Crippen LogP contribution in [0.3, 0.4) is 0 Å². The number of methoxy groups -OCH3 is 1. The van der Waals surface area contributed by atoms with E-state index in [1.54, 1.807) is 22.8 Å². The van der Waals surface area contributed by atoms with Crippen LogP contribution in [0.15, 0.2) is 29.8 Å². The van der Waals surface area contributed by atoms with Crippen LogP contribution in [-0.4, -0.2) is 62.7 Å². The highest BCUT2D eigenvalue weighted by atomic mass is 32.2. The molecule has 1 aliphatic heterocycles. The number of primary amides is 1. The first-order valence-electron chi connectivity index (χ1n) is 13.2. The molecule has 0 aliphatic carbocycles. The molecule has 1 aliphatic rings. The van der Waals surface area contributed by atoms with E-state index in [9.17, 15) is 13.2 Å². The quantitative estimate of drug-likeness (QED) is 0.295. The maximum Gasteiger partial charge on any atom is 0.250 e. The second kappa shape index (κ2) is 11.9. The van der Waals surface area contributed by atoms with Gasteiger partial charge in [-0.25, -0.2) is 12.7 Å². The third kappa shape index (κ3) is 6.84. The van der Waals surface area contributed by atoms with Crippen molar-refractivity contribution in [2.75, 3.05) is 39.1 Å². The first-order valence-corrected chi connectivity index (χ1v) is 15.7. The molecule has 1 amide bonds. The minimum Gasteiger partial charge on any atom is -0.385 e. The number of amides is 1. The molecule has 1 aromatic carbocycles. The van der Waals surface area contributed by atoms with E-state index in [4.69, 9.17) is 10.5 Å². The number of benzene rings is 1. The Morgan fingerprint density at radius 3 is 2.61 bits per heavy atom. The van der Waals surface area contributed by atoms with Crippen LogP contribution < -0.4 is 11.1 Å². The average Bonchev–Trinajstić information content (AvgIpc) is 3.50. The molecule has 0 atom stereocenters. The Morgan fingerprint density at radius 2 is 1.95 bits per heavy atom. The van der Waals surface area contributed by atoms with E-state index in [1.807, 2.05) is 12.3 Å². The van der Waals surface area contributed by atoms with Crippen LogP contribution in [0.5, 0.6) is 0 Å². The molecule has 0 unspecified atom stereocenters. The minimum absolute atomic E-state index is 0.109. The summed E-state index contributed by atoms with van der Waals surface area (Å²) in [5.41, 5.74) is 10.4. The summed E-state index contributed by atoms with van der Waals surface area (Å²) in [5, 5.41) is 6.63. The first-order chi connectivity index (χ1) is 18.0. The van der Waals surface area contributed by atoms with Gasteiger partial charge < -0.3 is 20.8 Å². The lowest BCUT2D eigenvalue weighted by molar-refractivity contribution is 0.100. The van der Waals surface area contributed by atoms with E-state index in [0.29, 0.717) is 31.7 Å². The number of aromatic nitrogens is 1. The van der Waals surface area contributed by atoms with Crippen LogP contribution in [-0.2, 0) is 21.3 Å². The normalized spacial score (nSPS) is 15.9. The summed E-state index contributed by atoms with van der Waals surface area (Å²) >= 11 is 1.70. The van der Waals surface area contributed by atoms with Crippen molar-refractivity contribution in [2.24, 2.45) is 11.1 Å². The number of aromatic amines is 1. The van der Waals surface area contributed by atoms with Crippen molar-refractivity contribution in [3.05, 3.63) is 45.8 Å². The third-order valence-electron chi connectivity index (χ3n) is 7.07. The summed E-state index contributed by atoms with van der Waals surface area (Å²) in [4.78, 5) is 16.9. The second-order valence-electron chi connectivity index (χ2n) is 11.4. The van der Waals surface area contributed by atoms with Gasteiger partial charge in [0.1, 0.15) is 0 Å². The largest absolute Gasteiger partial charge is 0.385 e. The number of nitrogens with two attached hydrogens (primary N) is 1. The highest BCUT2D eigenvalue weighted by Crippen LogP contribution is 2.38. The third-order valence-corrected chi connectivity index (χ3v) is 9.96. The molecule has 1 fully saturated rings. The number of hydrogen-bond donors (Lipinski definition) is 3. The lowest BCUT2D eigenvalue weighted by Gasteiger charge is -2.31. The molecular formula is C28H40N4O4S2. The number of rotatable bonds is 11. The van der Waals surface area contributed by atoms with E-state index in [2.05, 4.69) is 48.6 Å². The maximum absolute atomic E-state index is 12.7. The Bertz CT molecular complexity index is 1360. The molecule has 3 heterocycles. The maximum atomic E-state index is 12.7.